The van der Waals surface area contributed by atoms with Crippen LogP contribution in [-0.2, 0) is 0 Å². The number of nitrogen functional groups attached to an aromatic ring is 1. The van der Waals surface area contributed by atoms with Gasteiger partial charge in [-0.1, -0.05) is 6.07 Å². The molecular weight excluding hydrogens is 152 g/mol. The highest BCUT2D eigenvalue weighted by Crippen LogP contribution is 2.02. The number of nitrogens with two attached hydrogens (primary N) is 1. The predicted molar refractivity (Wildman–Crippen MR) is 38.8 cm³/mol. The summed E-state index contributed by atoms with van der Waals surface area (Å²) in [6.45, 7) is 0. The van der Waals surface area contributed by atoms with E-state index in [1.165, 1.54) is 6.07 Å². The topological polar surface area (TPSA) is 56.0 Å². The van der Waals surface area contributed by atoms with Crippen molar-refractivity contribution in [2.24, 2.45) is 0 Å². The molecule has 0 aliphatic heterocycles. The Bertz CT molecular complexity index is 262. The van der Waals surface area contributed by atoms with Gasteiger partial charge in [-0.05, 0) is 23.7 Å². The number of anilines is 1. The lowest BCUT2D eigenvalue weighted by Crippen LogP contribution is -1.97. The van der Waals surface area contributed by atoms with Crippen molar-refractivity contribution in [2.45, 2.75) is 0 Å². The van der Waals surface area contributed by atoms with Gasteiger partial charge in [0.15, 0.2) is 0 Å². The Kier molecular flexibility index (Phi) is 1.87. The fourth-order valence-corrected chi connectivity index (χ4v) is 0.666. The smallest absolute Gasteiger partial charge is 0.270 e. The maximum atomic E-state index is 10.4. The summed E-state index contributed by atoms with van der Waals surface area (Å²) in [6.07, 6.45) is 0. The third-order valence-corrected chi connectivity index (χ3v) is 1.17. The van der Waals surface area contributed by atoms with E-state index in [2.05, 4.69) is 4.98 Å². The Balaban J connectivity index is 3.07. The average Bonchev–Trinajstić information content (AvgIpc) is 1.88. The lowest BCUT2D eigenvalue weighted by molar-refractivity contribution is 0.107. The third-order valence-electron chi connectivity index (χ3n) is 0.972. The van der Waals surface area contributed by atoms with Gasteiger partial charge in [0.25, 0.3) is 5.24 Å². The van der Waals surface area contributed by atoms with Crippen LogP contribution in [0.25, 0.3) is 0 Å². The van der Waals surface area contributed by atoms with Crippen molar-refractivity contribution in [3.8, 4) is 0 Å². The van der Waals surface area contributed by atoms with Gasteiger partial charge in [-0.15, -0.1) is 0 Å². The van der Waals surface area contributed by atoms with Crippen LogP contribution in [0, 0.1) is 0 Å². The molecule has 1 aromatic rings. The summed E-state index contributed by atoms with van der Waals surface area (Å²) in [5, 5.41) is -0.590. The first-order chi connectivity index (χ1) is 4.70. The van der Waals surface area contributed by atoms with Crippen molar-refractivity contribution in [3.05, 3.63) is 23.9 Å². The van der Waals surface area contributed by atoms with E-state index >= 15 is 0 Å². The van der Waals surface area contributed by atoms with E-state index in [9.17, 15) is 4.79 Å². The first kappa shape index (κ1) is 7.02. The Hall–Kier alpha value is -1.09. The molecule has 1 rings (SSSR count). The summed E-state index contributed by atoms with van der Waals surface area (Å²) in [5.74, 6) is 0.298. The quantitative estimate of drug-likeness (QED) is 0.619. The van der Waals surface area contributed by atoms with Crippen molar-refractivity contribution in [2.75, 3.05) is 5.73 Å². The Morgan fingerprint density at radius 3 is 2.70 bits per heavy atom. The largest absolute Gasteiger partial charge is 0.384 e. The van der Waals surface area contributed by atoms with Crippen molar-refractivity contribution in [3.63, 3.8) is 0 Å². The minimum atomic E-state index is -0.590. The van der Waals surface area contributed by atoms with Crippen LogP contribution in [0.15, 0.2) is 18.2 Å². The second kappa shape index (κ2) is 2.66. The van der Waals surface area contributed by atoms with Gasteiger partial charge in [0.1, 0.15) is 11.5 Å². The van der Waals surface area contributed by atoms with Crippen molar-refractivity contribution in [1.29, 1.82) is 0 Å². The van der Waals surface area contributed by atoms with E-state index in [1.54, 1.807) is 12.1 Å². The highest BCUT2D eigenvalue weighted by Gasteiger charge is 2.01. The predicted octanol–water partition coefficient (Wildman–Crippen LogP) is 1.04. The van der Waals surface area contributed by atoms with Crippen molar-refractivity contribution >= 4 is 22.7 Å². The second-order valence-corrected chi connectivity index (χ2v) is 2.06. The minimum Gasteiger partial charge on any atom is -0.384 e. The zero-order valence-corrected chi connectivity index (χ0v) is 5.80. The number of hydrogen-bond acceptors (Lipinski definition) is 3. The number of carbonyl (C=O) groups is 1. The zero-order chi connectivity index (χ0) is 7.56. The summed E-state index contributed by atoms with van der Waals surface area (Å²) in [7, 11) is 0. The molecule has 1 aromatic heterocycles. The molecule has 0 radical (unpaired) electrons. The van der Waals surface area contributed by atoms with Crippen LogP contribution in [0.4, 0.5) is 5.82 Å². The first-order valence-electron chi connectivity index (χ1n) is 2.62. The maximum Gasteiger partial charge on any atom is 0.270 e. The molecule has 0 unspecified atom stereocenters. The van der Waals surface area contributed by atoms with Gasteiger partial charge in [0.2, 0.25) is 0 Å². The van der Waals surface area contributed by atoms with E-state index in [1.807, 2.05) is 0 Å². The van der Waals surface area contributed by atoms with Crippen LogP contribution >= 0.6 is 11.6 Å². The normalized spacial score (nSPS) is 9.30. The second-order valence-electron chi connectivity index (χ2n) is 1.72. The van der Waals surface area contributed by atoms with E-state index in [0.717, 1.165) is 0 Å². The van der Waals surface area contributed by atoms with E-state index < -0.39 is 5.24 Å². The van der Waals surface area contributed by atoms with Gasteiger partial charge >= 0.3 is 0 Å². The molecule has 0 aliphatic rings. The van der Waals surface area contributed by atoms with Gasteiger partial charge < -0.3 is 5.73 Å². The van der Waals surface area contributed by atoms with Crippen LogP contribution in [0.2, 0.25) is 0 Å². The number of aromatic nitrogens is 1. The van der Waals surface area contributed by atoms with E-state index in [0.29, 0.717) is 5.82 Å². The van der Waals surface area contributed by atoms with Crippen molar-refractivity contribution in [1.82, 2.24) is 4.98 Å². The summed E-state index contributed by atoms with van der Waals surface area (Å²) >= 11 is 5.12. The van der Waals surface area contributed by atoms with Crippen LogP contribution < -0.4 is 5.73 Å². The maximum absolute atomic E-state index is 10.4. The summed E-state index contributed by atoms with van der Waals surface area (Å²) in [5.41, 5.74) is 5.46. The number of rotatable bonds is 1. The lowest BCUT2D eigenvalue weighted by atomic mass is 10.4. The molecule has 0 atom stereocenters. The number of carbonyl (C=O) groups excluding carboxylic acids is 1. The highest BCUT2D eigenvalue weighted by molar-refractivity contribution is 6.67. The lowest BCUT2D eigenvalue weighted by Gasteiger charge is -1.92. The molecule has 52 valence electrons. The van der Waals surface area contributed by atoms with Crippen LogP contribution in [0.5, 0.6) is 0 Å². The molecule has 0 saturated heterocycles. The van der Waals surface area contributed by atoms with E-state index in [4.69, 9.17) is 17.3 Å². The Morgan fingerprint density at radius 1 is 1.60 bits per heavy atom. The van der Waals surface area contributed by atoms with Crippen LogP contribution in [-0.4, -0.2) is 10.2 Å². The van der Waals surface area contributed by atoms with Gasteiger partial charge in [0.05, 0.1) is 0 Å². The standard InChI is InChI=1S/C6H5ClN2O/c7-6(10)4-2-1-3-5(8)9-4/h1-3H,(H2,8,9). The third kappa shape index (κ3) is 1.45. The van der Waals surface area contributed by atoms with Crippen molar-refractivity contribution < 1.29 is 4.79 Å². The van der Waals surface area contributed by atoms with Gasteiger partial charge in [0, 0.05) is 0 Å². The monoisotopic (exact) mass is 156 g/mol. The summed E-state index contributed by atoms with van der Waals surface area (Å²) in [6, 6.07) is 4.72. The number of hydrogen-bond donors (Lipinski definition) is 1. The molecule has 0 saturated carbocycles. The van der Waals surface area contributed by atoms with Gasteiger partial charge in [-0.3, -0.25) is 4.79 Å². The fraction of sp³-hybridized carbons (Fsp3) is 0. The molecule has 0 bridgehead atoms. The highest BCUT2D eigenvalue weighted by atomic mass is 35.5. The van der Waals surface area contributed by atoms with Gasteiger partial charge in [-0.2, -0.15) is 0 Å². The molecule has 0 fully saturated rings. The molecule has 0 aromatic carbocycles. The molecule has 2 N–H and O–H groups in total. The number of pyridine rings is 1. The van der Waals surface area contributed by atoms with Crippen LogP contribution in [0.1, 0.15) is 10.5 Å². The first-order valence-corrected chi connectivity index (χ1v) is 3.00. The molecule has 0 aliphatic carbocycles. The van der Waals surface area contributed by atoms with Crippen LogP contribution in [0.3, 0.4) is 0 Å². The zero-order valence-electron chi connectivity index (χ0n) is 5.04. The molecule has 1 heterocycles. The summed E-state index contributed by atoms with van der Waals surface area (Å²) < 4.78 is 0. The SMILES string of the molecule is Nc1cccc(C(=O)Cl)n1. The average molecular weight is 157 g/mol. The van der Waals surface area contributed by atoms with Gasteiger partial charge in [-0.25, -0.2) is 4.98 Å². The number of nitrogens with zero attached hydrogens (tertiary/aromatic N) is 1. The fourth-order valence-electron chi connectivity index (χ4n) is 0.561. The minimum absolute atomic E-state index is 0.182. The van der Waals surface area contributed by atoms with E-state index in [-0.39, 0.29) is 5.69 Å². The molecule has 0 spiro atoms. The Labute approximate surface area is 62.8 Å². The molecule has 3 nitrogen and oxygen atoms in total. The molecule has 0 amide bonds. The molecule has 4 heteroatoms. The summed E-state index contributed by atoms with van der Waals surface area (Å²) in [4.78, 5) is 14.1. The molecule has 10 heavy (non-hydrogen) atoms. The Morgan fingerprint density at radius 2 is 2.30 bits per heavy atom. The number of halogens is 1. The molecular formula is C6H5ClN2O.